The number of carbonyl (C=O) groups excluding carboxylic acids is 2. The molecule has 0 aromatic heterocycles. The van der Waals surface area contributed by atoms with Crippen LogP contribution < -0.4 is 14.4 Å². The number of nitro benzene ring substituents is 1. The van der Waals surface area contributed by atoms with Crippen LogP contribution in [0, 0.1) is 17.0 Å². The molecule has 2 amide bonds. The Balaban J connectivity index is 1.73. The number of aryl methyl sites for hydroxylation is 1. The van der Waals surface area contributed by atoms with Crippen molar-refractivity contribution in [1.29, 1.82) is 0 Å². The van der Waals surface area contributed by atoms with E-state index < -0.39 is 33.4 Å². The summed E-state index contributed by atoms with van der Waals surface area (Å²) in [5.74, 6) is -0.538. The summed E-state index contributed by atoms with van der Waals surface area (Å²) in [4.78, 5) is 39.4. The number of nitro groups is 1. The molecule has 1 atom stereocenters. The minimum absolute atomic E-state index is 0.00878. The number of ether oxygens (including phenoxy) is 1. The van der Waals surface area contributed by atoms with Crippen molar-refractivity contribution in [2.24, 2.45) is 0 Å². The van der Waals surface area contributed by atoms with E-state index in [1.807, 2.05) is 0 Å². The van der Waals surface area contributed by atoms with Gasteiger partial charge in [-0.05, 0) is 74.7 Å². The van der Waals surface area contributed by atoms with Gasteiger partial charge in [0.1, 0.15) is 18.3 Å². The number of amides is 2. The second-order valence-electron chi connectivity index (χ2n) is 10.7. The highest BCUT2D eigenvalue weighted by atomic mass is 35.5. The molecule has 234 valence electrons. The topological polar surface area (TPSA) is 139 Å². The van der Waals surface area contributed by atoms with Gasteiger partial charge in [0.2, 0.25) is 11.8 Å². The fourth-order valence-electron chi connectivity index (χ4n) is 5.16. The molecule has 11 nitrogen and oxygen atoms in total. The number of rotatable bonds is 12. The van der Waals surface area contributed by atoms with Crippen molar-refractivity contribution in [2.45, 2.75) is 63.1 Å². The highest BCUT2D eigenvalue weighted by Crippen LogP contribution is 2.30. The molecule has 3 aromatic rings. The van der Waals surface area contributed by atoms with E-state index in [9.17, 15) is 28.1 Å². The number of hydrogen-bond donors (Lipinski definition) is 1. The smallest absolute Gasteiger partial charge is 0.273 e. The van der Waals surface area contributed by atoms with Crippen LogP contribution in [-0.4, -0.2) is 55.8 Å². The first kappa shape index (κ1) is 32.7. The molecule has 3 aromatic carbocycles. The van der Waals surface area contributed by atoms with Crippen LogP contribution in [0.25, 0.3) is 0 Å². The van der Waals surface area contributed by atoms with Crippen LogP contribution in [0.15, 0.2) is 71.6 Å². The van der Waals surface area contributed by atoms with Gasteiger partial charge in [-0.1, -0.05) is 42.6 Å². The van der Waals surface area contributed by atoms with Crippen molar-refractivity contribution < 1.29 is 27.7 Å². The Bertz CT molecular complexity index is 1630. The SMILES string of the molecule is COc1ccc(N(CC(=O)N(Cc2cccc(Cl)c2)[C@@H](C)C(=O)NC2CCCC2)S(=O)(=O)c2ccc(C)c([N+](=O)[O-])c2)cc1. The summed E-state index contributed by atoms with van der Waals surface area (Å²) in [7, 11) is -3.04. The fourth-order valence-corrected chi connectivity index (χ4v) is 6.80. The average Bonchev–Trinajstić information content (AvgIpc) is 3.51. The Kier molecular flexibility index (Phi) is 10.5. The molecule has 0 radical (unpaired) electrons. The Morgan fingerprint density at radius 2 is 1.77 bits per heavy atom. The van der Waals surface area contributed by atoms with Gasteiger partial charge in [0.05, 0.1) is 22.6 Å². The normalized spacial score (nSPS) is 14.1. The summed E-state index contributed by atoms with van der Waals surface area (Å²) in [6.07, 6.45) is 3.73. The molecule has 0 heterocycles. The molecule has 44 heavy (non-hydrogen) atoms. The van der Waals surface area contributed by atoms with Gasteiger partial charge in [0.15, 0.2) is 0 Å². The molecule has 1 aliphatic rings. The minimum Gasteiger partial charge on any atom is -0.497 e. The third-order valence-electron chi connectivity index (χ3n) is 7.72. The number of benzene rings is 3. The maximum atomic E-state index is 14.1. The maximum Gasteiger partial charge on any atom is 0.273 e. The zero-order chi connectivity index (χ0) is 32.0. The second-order valence-corrected chi connectivity index (χ2v) is 13.0. The highest BCUT2D eigenvalue weighted by molar-refractivity contribution is 7.92. The first-order valence-electron chi connectivity index (χ1n) is 14.2. The van der Waals surface area contributed by atoms with Gasteiger partial charge in [0.25, 0.3) is 15.7 Å². The predicted octanol–water partition coefficient (Wildman–Crippen LogP) is 5.24. The first-order valence-corrected chi connectivity index (χ1v) is 16.0. The third kappa shape index (κ3) is 7.67. The van der Waals surface area contributed by atoms with E-state index in [1.165, 1.54) is 43.2 Å². The molecule has 1 fully saturated rings. The van der Waals surface area contributed by atoms with E-state index in [2.05, 4.69) is 5.32 Å². The van der Waals surface area contributed by atoms with Crippen LogP contribution in [0.2, 0.25) is 5.02 Å². The van der Waals surface area contributed by atoms with Crippen LogP contribution in [0.3, 0.4) is 0 Å². The number of hydrogen-bond acceptors (Lipinski definition) is 7. The molecule has 0 bridgehead atoms. The molecule has 4 rings (SSSR count). The van der Waals surface area contributed by atoms with Gasteiger partial charge in [-0.15, -0.1) is 0 Å². The van der Waals surface area contributed by atoms with Gasteiger partial charge in [-0.3, -0.25) is 24.0 Å². The highest BCUT2D eigenvalue weighted by Gasteiger charge is 2.34. The zero-order valence-corrected chi connectivity index (χ0v) is 26.3. The lowest BCUT2D eigenvalue weighted by Crippen LogP contribution is -2.52. The molecule has 1 aliphatic carbocycles. The first-order chi connectivity index (χ1) is 20.9. The Hall–Kier alpha value is -4.16. The van der Waals surface area contributed by atoms with Crippen LogP contribution in [0.4, 0.5) is 11.4 Å². The number of sulfonamides is 1. The van der Waals surface area contributed by atoms with E-state index in [1.54, 1.807) is 43.3 Å². The summed E-state index contributed by atoms with van der Waals surface area (Å²) in [5.41, 5.74) is 0.704. The maximum absolute atomic E-state index is 14.1. The lowest BCUT2D eigenvalue weighted by atomic mass is 10.1. The van der Waals surface area contributed by atoms with Crippen molar-refractivity contribution in [3.05, 3.63) is 93.0 Å². The summed E-state index contributed by atoms with van der Waals surface area (Å²) < 4.78 is 34.2. The summed E-state index contributed by atoms with van der Waals surface area (Å²) >= 11 is 6.20. The van der Waals surface area contributed by atoms with E-state index in [-0.39, 0.29) is 40.3 Å². The fraction of sp³-hybridized carbons (Fsp3) is 0.355. The third-order valence-corrected chi connectivity index (χ3v) is 9.72. The van der Waals surface area contributed by atoms with Gasteiger partial charge in [0, 0.05) is 29.2 Å². The number of nitrogens with zero attached hydrogens (tertiary/aromatic N) is 3. The van der Waals surface area contributed by atoms with Gasteiger partial charge in [-0.2, -0.15) is 0 Å². The number of anilines is 1. The van der Waals surface area contributed by atoms with Crippen LogP contribution in [-0.2, 0) is 26.2 Å². The molecule has 0 unspecified atom stereocenters. The minimum atomic E-state index is -4.50. The van der Waals surface area contributed by atoms with E-state index in [0.29, 0.717) is 16.3 Å². The lowest BCUT2D eigenvalue weighted by molar-refractivity contribution is -0.385. The molecule has 0 saturated heterocycles. The summed E-state index contributed by atoms with van der Waals surface area (Å²) in [6, 6.07) is 15.5. The summed E-state index contributed by atoms with van der Waals surface area (Å²) in [5, 5.41) is 15.1. The Morgan fingerprint density at radius 3 is 2.39 bits per heavy atom. The van der Waals surface area contributed by atoms with E-state index >= 15 is 0 Å². The van der Waals surface area contributed by atoms with Crippen molar-refractivity contribution in [3.8, 4) is 5.75 Å². The standard InChI is InChI=1S/C31H35ClN4O7S/c1-21-11-16-28(18-29(21)36(39)40)44(41,42)35(26-12-14-27(43-3)15-13-26)20-30(37)34(19-23-7-6-8-24(32)17-23)22(2)31(38)33-25-9-4-5-10-25/h6-8,11-18,22,25H,4-5,9-10,19-20H2,1-3H3,(H,33,38)/t22-/m0/s1. The Labute approximate surface area is 262 Å². The number of methoxy groups -OCH3 is 1. The van der Waals surface area contributed by atoms with E-state index in [4.69, 9.17) is 16.3 Å². The molecule has 1 N–H and O–H groups in total. The van der Waals surface area contributed by atoms with Crippen LogP contribution in [0.1, 0.15) is 43.7 Å². The lowest BCUT2D eigenvalue weighted by Gasteiger charge is -2.32. The van der Waals surface area contributed by atoms with Crippen molar-refractivity contribution >= 4 is 44.8 Å². The number of carbonyl (C=O) groups is 2. The molecular formula is C31H35ClN4O7S. The molecule has 1 saturated carbocycles. The van der Waals surface area contributed by atoms with Crippen LogP contribution in [0.5, 0.6) is 5.75 Å². The van der Waals surface area contributed by atoms with Crippen molar-refractivity contribution in [2.75, 3.05) is 18.0 Å². The molecule has 0 spiro atoms. The van der Waals surface area contributed by atoms with E-state index in [0.717, 1.165) is 36.1 Å². The second kappa shape index (κ2) is 14.1. The monoisotopic (exact) mass is 642 g/mol. The number of nitrogens with one attached hydrogen (secondary N) is 1. The quantitative estimate of drug-likeness (QED) is 0.211. The molecular weight excluding hydrogens is 608 g/mol. The summed E-state index contributed by atoms with van der Waals surface area (Å²) in [6.45, 7) is 2.41. The predicted molar refractivity (Wildman–Crippen MR) is 167 cm³/mol. The Morgan fingerprint density at radius 1 is 1.09 bits per heavy atom. The van der Waals surface area contributed by atoms with Crippen molar-refractivity contribution in [3.63, 3.8) is 0 Å². The van der Waals surface area contributed by atoms with Crippen molar-refractivity contribution in [1.82, 2.24) is 10.2 Å². The largest absolute Gasteiger partial charge is 0.497 e. The number of halogens is 1. The van der Waals surface area contributed by atoms with Gasteiger partial charge >= 0.3 is 0 Å². The average molecular weight is 643 g/mol. The van der Waals surface area contributed by atoms with Crippen LogP contribution >= 0.6 is 11.6 Å². The zero-order valence-electron chi connectivity index (χ0n) is 24.7. The van der Waals surface area contributed by atoms with Gasteiger partial charge < -0.3 is 15.0 Å². The molecule has 0 aliphatic heterocycles. The molecule has 13 heteroatoms. The van der Waals surface area contributed by atoms with Gasteiger partial charge in [-0.25, -0.2) is 8.42 Å².